The fraction of sp³-hybridized carbons (Fsp3) is 0.462. The van der Waals surface area contributed by atoms with Crippen LogP contribution in [0.3, 0.4) is 0 Å². The third-order valence-electron chi connectivity index (χ3n) is 3.33. The van der Waals surface area contributed by atoms with Crippen LogP contribution in [-0.2, 0) is 14.8 Å². The van der Waals surface area contributed by atoms with Crippen molar-refractivity contribution in [1.29, 1.82) is 0 Å². The number of hydrogen-bond donors (Lipinski definition) is 2. The number of carbonyl (C=O) groups excluding carboxylic acids is 1. The lowest BCUT2D eigenvalue weighted by Gasteiger charge is -2.13. The van der Waals surface area contributed by atoms with Gasteiger partial charge < -0.3 is 5.32 Å². The minimum atomic E-state index is -3.87. The van der Waals surface area contributed by atoms with E-state index in [4.69, 9.17) is 23.2 Å². The van der Waals surface area contributed by atoms with Gasteiger partial charge >= 0.3 is 0 Å². The fourth-order valence-corrected chi connectivity index (χ4v) is 4.01. The maximum absolute atomic E-state index is 12.1. The Bertz CT molecular complexity index is 628. The van der Waals surface area contributed by atoms with E-state index in [9.17, 15) is 13.2 Å². The summed E-state index contributed by atoms with van der Waals surface area (Å²) in [5, 5.41) is 3.12. The maximum Gasteiger partial charge on any atom is 0.242 e. The van der Waals surface area contributed by atoms with Crippen molar-refractivity contribution in [2.45, 2.75) is 36.6 Å². The minimum Gasteiger partial charge on any atom is -0.352 e. The molecule has 116 valence electrons. The second kappa shape index (κ2) is 6.96. The Morgan fingerprint density at radius 2 is 1.90 bits per heavy atom. The van der Waals surface area contributed by atoms with E-state index in [-0.39, 0.29) is 33.4 Å². The molecule has 0 aromatic heterocycles. The van der Waals surface area contributed by atoms with Crippen LogP contribution < -0.4 is 10.0 Å². The highest BCUT2D eigenvalue weighted by molar-refractivity contribution is 7.89. The largest absolute Gasteiger partial charge is 0.352 e. The molecule has 1 saturated carbocycles. The van der Waals surface area contributed by atoms with Crippen molar-refractivity contribution >= 4 is 39.1 Å². The van der Waals surface area contributed by atoms with Gasteiger partial charge in [-0.1, -0.05) is 36.0 Å². The zero-order chi connectivity index (χ0) is 15.5. The van der Waals surface area contributed by atoms with E-state index in [0.717, 1.165) is 25.7 Å². The smallest absolute Gasteiger partial charge is 0.242 e. The van der Waals surface area contributed by atoms with Gasteiger partial charge in [0, 0.05) is 11.1 Å². The van der Waals surface area contributed by atoms with Crippen LogP contribution in [0.25, 0.3) is 0 Å². The Morgan fingerprint density at radius 1 is 1.24 bits per heavy atom. The molecule has 5 nitrogen and oxygen atoms in total. The zero-order valence-electron chi connectivity index (χ0n) is 11.2. The van der Waals surface area contributed by atoms with Crippen molar-refractivity contribution in [2.24, 2.45) is 0 Å². The Hall–Kier alpha value is -0.820. The van der Waals surface area contributed by atoms with Crippen LogP contribution >= 0.6 is 23.2 Å². The van der Waals surface area contributed by atoms with E-state index in [1.165, 1.54) is 18.2 Å². The number of rotatable bonds is 5. The molecule has 1 aromatic carbocycles. The standard InChI is InChI=1S/C13H16Cl2N2O3S/c14-9-5-6-11(15)12(7-9)21(19,20)16-8-13(18)17-10-3-1-2-4-10/h5-7,10,16H,1-4,8H2,(H,17,18). The Morgan fingerprint density at radius 3 is 2.57 bits per heavy atom. The second-order valence-electron chi connectivity index (χ2n) is 4.95. The van der Waals surface area contributed by atoms with Crippen LogP contribution in [0.5, 0.6) is 0 Å². The summed E-state index contributed by atoms with van der Waals surface area (Å²) >= 11 is 11.6. The van der Waals surface area contributed by atoms with E-state index in [0.29, 0.717) is 0 Å². The molecule has 1 aliphatic carbocycles. The van der Waals surface area contributed by atoms with Gasteiger partial charge in [-0.3, -0.25) is 4.79 Å². The quantitative estimate of drug-likeness (QED) is 0.855. The maximum atomic E-state index is 12.1. The second-order valence-corrected chi connectivity index (χ2v) is 7.53. The number of sulfonamides is 1. The Balaban J connectivity index is 1.97. The number of halogens is 2. The summed E-state index contributed by atoms with van der Waals surface area (Å²) in [6.45, 7) is -0.318. The highest BCUT2D eigenvalue weighted by atomic mass is 35.5. The van der Waals surface area contributed by atoms with E-state index >= 15 is 0 Å². The number of amides is 1. The molecule has 1 amide bonds. The van der Waals surface area contributed by atoms with Gasteiger partial charge in [0.15, 0.2) is 0 Å². The van der Waals surface area contributed by atoms with Gasteiger partial charge in [-0.05, 0) is 31.0 Å². The monoisotopic (exact) mass is 350 g/mol. The molecule has 0 aliphatic heterocycles. The molecule has 0 radical (unpaired) electrons. The first-order valence-electron chi connectivity index (χ1n) is 6.62. The predicted molar refractivity (Wildman–Crippen MR) is 82.0 cm³/mol. The zero-order valence-corrected chi connectivity index (χ0v) is 13.6. The summed E-state index contributed by atoms with van der Waals surface area (Å²) in [6, 6.07) is 4.30. The average Bonchev–Trinajstić information content (AvgIpc) is 2.92. The highest BCUT2D eigenvalue weighted by Crippen LogP contribution is 2.24. The van der Waals surface area contributed by atoms with E-state index in [1.54, 1.807) is 0 Å². The van der Waals surface area contributed by atoms with E-state index < -0.39 is 10.0 Å². The Labute approximate surface area is 134 Å². The van der Waals surface area contributed by atoms with Crippen molar-refractivity contribution in [3.8, 4) is 0 Å². The number of hydrogen-bond acceptors (Lipinski definition) is 3. The summed E-state index contributed by atoms with van der Waals surface area (Å²) in [4.78, 5) is 11.6. The van der Waals surface area contributed by atoms with Crippen molar-refractivity contribution < 1.29 is 13.2 Å². The van der Waals surface area contributed by atoms with Gasteiger partial charge in [0.05, 0.1) is 11.6 Å². The molecular formula is C13H16Cl2N2O3S. The fourth-order valence-electron chi connectivity index (χ4n) is 2.27. The molecular weight excluding hydrogens is 335 g/mol. The number of carbonyl (C=O) groups is 1. The summed E-state index contributed by atoms with van der Waals surface area (Å²) in [5.74, 6) is -0.344. The van der Waals surface area contributed by atoms with Crippen LogP contribution in [0.15, 0.2) is 23.1 Å². The molecule has 0 atom stereocenters. The van der Waals surface area contributed by atoms with Gasteiger partial charge in [0.1, 0.15) is 4.90 Å². The average molecular weight is 351 g/mol. The predicted octanol–water partition coefficient (Wildman–Crippen LogP) is 2.33. The van der Waals surface area contributed by atoms with Crippen LogP contribution in [0.1, 0.15) is 25.7 Å². The number of nitrogens with one attached hydrogen (secondary N) is 2. The minimum absolute atomic E-state index is 0.0584. The van der Waals surface area contributed by atoms with Crippen LogP contribution in [0.4, 0.5) is 0 Å². The molecule has 0 heterocycles. The molecule has 1 fully saturated rings. The third-order valence-corrected chi connectivity index (χ3v) is 5.44. The van der Waals surface area contributed by atoms with Crippen molar-refractivity contribution in [1.82, 2.24) is 10.0 Å². The summed E-state index contributed by atoms with van der Waals surface area (Å²) in [7, 11) is -3.87. The van der Waals surface area contributed by atoms with Crippen LogP contribution in [0.2, 0.25) is 10.0 Å². The van der Waals surface area contributed by atoms with Crippen LogP contribution in [-0.4, -0.2) is 26.9 Å². The van der Waals surface area contributed by atoms with Gasteiger partial charge in [-0.15, -0.1) is 0 Å². The van der Waals surface area contributed by atoms with Gasteiger partial charge in [0.25, 0.3) is 0 Å². The normalized spacial score (nSPS) is 16.1. The van der Waals surface area contributed by atoms with Gasteiger partial charge in [-0.2, -0.15) is 0 Å². The molecule has 21 heavy (non-hydrogen) atoms. The van der Waals surface area contributed by atoms with E-state index in [2.05, 4.69) is 10.0 Å². The topological polar surface area (TPSA) is 75.3 Å². The van der Waals surface area contributed by atoms with Crippen molar-refractivity contribution in [3.63, 3.8) is 0 Å². The molecule has 2 rings (SSSR count). The van der Waals surface area contributed by atoms with Crippen LogP contribution in [0, 0.1) is 0 Å². The number of benzene rings is 1. The molecule has 2 N–H and O–H groups in total. The van der Waals surface area contributed by atoms with Crippen molar-refractivity contribution in [3.05, 3.63) is 28.2 Å². The summed E-state index contributed by atoms with van der Waals surface area (Å²) in [6.07, 6.45) is 4.07. The molecule has 0 saturated heterocycles. The lowest BCUT2D eigenvalue weighted by Crippen LogP contribution is -2.40. The molecule has 8 heteroatoms. The Kier molecular flexibility index (Phi) is 5.48. The van der Waals surface area contributed by atoms with Gasteiger partial charge in [-0.25, -0.2) is 13.1 Å². The third kappa shape index (κ3) is 4.57. The first kappa shape index (κ1) is 16.5. The molecule has 0 spiro atoms. The molecule has 1 aromatic rings. The van der Waals surface area contributed by atoms with E-state index in [1.807, 2.05) is 0 Å². The highest BCUT2D eigenvalue weighted by Gasteiger charge is 2.21. The lowest BCUT2D eigenvalue weighted by molar-refractivity contribution is -0.120. The first-order valence-corrected chi connectivity index (χ1v) is 8.86. The lowest BCUT2D eigenvalue weighted by atomic mass is 10.2. The van der Waals surface area contributed by atoms with Crippen molar-refractivity contribution in [2.75, 3.05) is 6.54 Å². The summed E-state index contributed by atoms with van der Waals surface area (Å²) < 4.78 is 26.5. The first-order chi connectivity index (χ1) is 9.88. The molecule has 0 bridgehead atoms. The molecule has 0 unspecified atom stereocenters. The summed E-state index contributed by atoms with van der Waals surface area (Å²) in [5.41, 5.74) is 0. The van der Waals surface area contributed by atoms with Gasteiger partial charge in [0.2, 0.25) is 15.9 Å². The molecule has 1 aliphatic rings. The SMILES string of the molecule is O=C(CNS(=O)(=O)c1cc(Cl)ccc1Cl)NC1CCCC1.